The number of aromatic nitrogens is 1. The topological polar surface area (TPSA) is 90.0 Å². The van der Waals surface area contributed by atoms with Gasteiger partial charge < -0.3 is 24.4 Å². The van der Waals surface area contributed by atoms with E-state index in [9.17, 15) is 9.59 Å². The molecule has 1 saturated carbocycles. The average Bonchev–Trinajstić information content (AvgIpc) is 2.78. The molecule has 8 heteroatoms. The highest BCUT2D eigenvalue weighted by Gasteiger charge is 2.49. The second kappa shape index (κ2) is 8.15. The number of piperidine rings is 1. The minimum atomic E-state index is -0.597. The summed E-state index contributed by atoms with van der Waals surface area (Å²) < 4.78 is 18.0. The van der Waals surface area contributed by atoms with E-state index >= 15 is 0 Å². The summed E-state index contributed by atoms with van der Waals surface area (Å²) in [6, 6.07) is 3.49. The number of hydrogen-bond donors (Lipinski definition) is 1. The van der Waals surface area contributed by atoms with Gasteiger partial charge in [-0.05, 0) is 50.7 Å². The van der Waals surface area contributed by atoms with Gasteiger partial charge in [-0.3, -0.25) is 14.6 Å². The lowest BCUT2D eigenvalue weighted by atomic mass is 9.80. The van der Waals surface area contributed by atoms with E-state index in [-0.39, 0.29) is 37.2 Å². The van der Waals surface area contributed by atoms with Crippen molar-refractivity contribution in [1.82, 2.24) is 15.2 Å². The molecule has 0 aromatic carbocycles. The van der Waals surface area contributed by atoms with Crippen LogP contribution in [0.4, 0.5) is 0 Å². The molecule has 0 radical (unpaired) electrons. The van der Waals surface area contributed by atoms with E-state index in [1.807, 2.05) is 17.0 Å². The third-order valence-corrected chi connectivity index (χ3v) is 7.04. The van der Waals surface area contributed by atoms with Crippen molar-refractivity contribution in [2.45, 2.75) is 62.1 Å². The van der Waals surface area contributed by atoms with Crippen LogP contribution in [-0.4, -0.2) is 72.4 Å². The molecule has 1 aromatic heterocycles. The third-order valence-electron chi connectivity index (χ3n) is 7.04. The molecular weight excluding hydrogens is 386 g/mol. The summed E-state index contributed by atoms with van der Waals surface area (Å²) in [6.45, 7) is 1.45. The molecule has 162 valence electrons. The Balaban J connectivity index is 1.46. The highest BCUT2D eigenvalue weighted by Crippen LogP contribution is 2.38. The first-order valence-corrected chi connectivity index (χ1v) is 11.0. The standard InChI is InChI=1S/C22H29N3O5/c26-19-12-28-14-22(24-19)8-2-10-25-18(22)11-29-16-6-4-15(5-7-16)21-17(3-1-9-23-21)30-13-20(25)27/h1,3,9,15-16,18H,2,4-8,10-14H2,(H,24,26). The average molecular weight is 415 g/mol. The zero-order valence-electron chi connectivity index (χ0n) is 17.2. The summed E-state index contributed by atoms with van der Waals surface area (Å²) in [4.78, 5) is 31.8. The van der Waals surface area contributed by atoms with Crippen LogP contribution in [0.1, 0.15) is 50.1 Å². The van der Waals surface area contributed by atoms with Gasteiger partial charge in [-0.1, -0.05) is 0 Å². The van der Waals surface area contributed by atoms with Gasteiger partial charge >= 0.3 is 0 Å². The lowest BCUT2D eigenvalue weighted by molar-refractivity contribution is -0.156. The van der Waals surface area contributed by atoms with Crippen LogP contribution in [0.5, 0.6) is 5.75 Å². The number of carbonyl (C=O) groups excluding carboxylic acids is 2. The molecule has 5 heterocycles. The number of morpholine rings is 1. The van der Waals surface area contributed by atoms with Crippen molar-refractivity contribution in [3.63, 3.8) is 0 Å². The number of ether oxygens (including phenoxy) is 3. The number of fused-ring (bicyclic) bond motifs is 5. The van der Waals surface area contributed by atoms with E-state index in [1.54, 1.807) is 6.20 Å². The van der Waals surface area contributed by atoms with Crippen LogP contribution in [0.3, 0.4) is 0 Å². The van der Waals surface area contributed by atoms with Crippen LogP contribution in [0.15, 0.2) is 18.3 Å². The summed E-state index contributed by atoms with van der Waals surface area (Å²) in [5.74, 6) is 0.808. The first kappa shape index (κ1) is 19.8. The number of rotatable bonds is 0. The number of pyridine rings is 1. The second-order valence-electron chi connectivity index (χ2n) is 8.89. The minimum absolute atomic E-state index is 0.0454. The van der Waals surface area contributed by atoms with Crippen LogP contribution in [0.25, 0.3) is 0 Å². The van der Waals surface area contributed by atoms with Crippen molar-refractivity contribution in [1.29, 1.82) is 0 Å². The van der Waals surface area contributed by atoms with Gasteiger partial charge in [0.05, 0.1) is 36.6 Å². The molecule has 2 unspecified atom stereocenters. The van der Waals surface area contributed by atoms with Gasteiger partial charge in [-0.15, -0.1) is 0 Å². The Morgan fingerprint density at radius 3 is 2.87 bits per heavy atom. The Morgan fingerprint density at radius 1 is 1.17 bits per heavy atom. The molecule has 2 saturated heterocycles. The fourth-order valence-corrected chi connectivity index (χ4v) is 5.51. The Morgan fingerprint density at radius 2 is 2.03 bits per heavy atom. The van der Waals surface area contributed by atoms with E-state index in [4.69, 9.17) is 14.2 Å². The van der Waals surface area contributed by atoms with Gasteiger partial charge in [0.2, 0.25) is 5.91 Å². The second-order valence-corrected chi connectivity index (χ2v) is 8.89. The highest BCUT2D eigenvalue weighted by molar-refractivity contribution is 5.81. The Hall–Kier alpha value is -2.19. The molecule has 30 heavy (non-hydrogen) atoms. The summed E-state index contributed by atoms with van der Waals surface area (Å²) in [7, 11) is 0. The first-order chi connectivity index (χ1) is 14.6. The number of amides is 2. The molecule has 1 N–H and O–H groups in total. The lowest BCUT2D eigenvalue weighted by Gasteiger charge is -2.51. The Labute approximate surface area is 176 Å². The molecule has 2 bridgehead atoms. The smallest absolute Gasteiger partial charge is 0.260 e. The van der Waals surface area contributed by atoms with Crippen molar-refractivity contribution >= 4 is 11.8 Å². The molecule has 2 atom stereocenters. The van der Waals surface area contributed by atoms with Gasteiger partial charge in [0, 0.05) is 18.7 Å². The molecule has 6 rings (SSSR count). The monoisotopic (exact) mass is 415 g/mol. The van der Waals surface area contributed by atoms with E-state index in [2.05, 4.69) is 10.3 Å². The fourth-order valence-electron chi connectivity index (χ4n) is 5.51. The Bertz CT molecular complexity index is 806. The molecule has 1 spiro atoms. The molecule has 2 amide bonds. The SMILES string of the molecule is O=C1COCC2(CCCN3C(=O)COc4cccnc4C4CCC(CC4)OCC32)N1. The normalized spacial score (nSPS) is 34.7. The maximum atomic E-state index is 13.2. The molecular formula is C22H29N3O5. The summed E-state index contributed by atoms with van der Waals surface area (Å²) in [5.41, 5.74) is 0.350. The van der Waals surface area contributed by atoms with Crippen molar-refractivity contribution < 1.29 is 23.8 Å². The van der Waals surface area contributed by atoms with Gasteiger partial charge in [-0.25, -0.2) is 0 Å². The Kier molecular flexibility index (Phi) is 5.37. The van der Waals surface area contributed by atoms with Crippen molar-refractivity contribution in [2.24, 2.45) is 0 Å². The van der Waals surface area contributed by atoms with Crippen LogP contribution in [0, 0.1) is 0 Å². The van der Waals surface area contributed by atoms with Crippen molar-refractivity contribution in [3.8, 4) is 5.75 Å². The summed E-state index contributed by atoms with van der Waals surface area (Å²) in [6.07, 6.45) is 7.42. The van der Waals surface area contributed by atoms with Gasteiger partial charge in [0.15, 0.2) is 6.61 Å². The molecule has 1 aromatic rings. The molecule has 3 fully saturated rings. The third kappa shape index (κ3) is 3.67. The molecule has 8 nitrogen and oxygen atoms in total. The van der Waals surface area contributed by atoms with E-state index in [0.29, 0.717) is 31.4 Å². The quantitative estimate of drug-likeness (QED) is 0.689. The zero-order chi connectivity index (χ0) is 20.6. The van der Waals surface area contributed by atoms with Crippen LogP contribution in [0.2, 0.25) is 0 Å². The van der Waals surface area contributed by atoms with Gasteiger partial charge in [-0.2, -0.15) is 0 Å². The zero-order valence-corrected chi connectivity index (χ0v) is 17.2. The predicted octanol–water partition coefficient (Wildman–Crippen LogP) is 1.39. The molecule has 4 aliphatic heterocycles. The largest absolute Gasteiger partial charge is 0.482 e. The lowest BCUT2D eigenvalue weighted by Crippen LogP contribution is -2.72. The van der Waals surface area contributed by atoms with Crippen LogP contribution >= 0.6 is 0 Å². The van der Waals surface area contributed by atoms with E-state index < -0.39 is 5.54 Å². The summed E-state index contributed by atoms with van der Waals surface area (Å²) in [5, 5.41) is 3.15. The van der Waals surface area contributed by atoms with Crippen molar-refractivity contribution in [3.05, 3.63) is 24.0 Å². The minimum Gasteiger partial charge on any atom is -0.482 e. The molecule has 1 aliphatic carbocycles. The summed E-state index contributed by atoms with van der Waals surface area (Å²) >= 11 is 0. The highest BCUT2D eigenvalue weighted by atomic mass is 16.5. The first-order valence-electron chi connectivity index (χ1n) is 11.0. The van der Waals surface area contributed by atoms with E-state index in [0.717, 1.165) is 44.2 Å². The number of carbonyl (C=O) groups is 2. The molecule has 5 aliphatic rings. The maximum absolute atomic E-state index is 13.2. The van der Waals surface area contributed by atoms with Crippen LogP contribution < -0.4 is 10.1 Å². The van der Waals surface area contributed by atoms with Crippen molar-refractivity contribution in [2.75, 3.05) is 33.0 Å². The van der Waals surface area contributed by atoms with Gasteiger partial charge in [0.25, 0.3) is 5.91 Å². The van der Waals surface area contributed by atoms with Gasteiger partial charge in [0.1, 0.15) is 12.4 Å². The fraction of sp³-hybridized carbons (Fsp3) is 0.682. The maximum Gasteiger partial charge on any atom is 0.260 e. The van der Waals surface area contributed by atoms with Crippen LogP contribution in [-0.2, 0) is 19.1 Å². The number of hydrogen-bond acceptors (Lipinski definition) is 6. The number of nitrogens with one attached hydrogen (secondary N) is 1. The predicted molar refractivity (Wildman–Crippen MR) is 107 cm³/mol. The van der Waals surface area contributed by atoms with E-state index in [1.165, 1.54) is 0 Å². The number of nitrogens with zero attached hydrogens (tertiary/aromatic N) is 2.